The standard InChI is InChI=1S/C16H26N2O/c1-10(2)13-6-8-14(9-7-13)15(11(3)4)18-12(5)16(17)19/h6-12,15,18H,1-5H3,(H2,17,19)/t12-,15+/m1/s1. The van der Waals surface area contributed by atoms with E-state index in [2.05, 4.69) is 57.3 Å². The number of amides is 1. The number of nitrogens with two attached hydrogens (primary N) is 1. The highest BCUT2D eigenvalue weighted by Gasteiger charge is 2.20. The van der Waals surface area contributed by atoms with E-state index in [1.807, 2.05) is 0 Å². The van der Waals surface area contributed by atoms with Crippen LogP contribution in [0.5, 0.6) is 0 Å². The lowest BCUT2D eigenvalue weighted by Crippen LogP contribution is -2.42. The Morgan fingerprint density at radius 2 is 1.47 bits per heavy atom. The molecule has 1 amide bonds. The Balaban J connectivity index is 2.90. The molecule has 0 fully saturated rings. The minimum Gasteiger partial charge on any atom is -0.368 e. The molecular formula is C16H26N2O. The zero-order valence-electron chi connectivity index (χ0n) is 12.6. The molecule has 1 rings (SSSR count). The normalized spacial score (nSPS) is 14.7. The van der Waals surface area contributed by atoms with Crippen LogP contribution >= 0.6 is 0 Å². The van der Waals surface area contributed by atoms with E-state index in [-0.39, 0.29) is 18.0 Å². The molecule has 1 aromatic carbocycles. The van der Waals surface area contributed by atoms with Crippen molar-refractivity contribution in [1.82, 2.24) is 5.32 Å². The predicted molar refractivity (Wildman–Crippen MR) is 79.9 cm³/mol. The molecule has 0 aliphatic rings. The Hall–Kier alpha value is -1.35. The van der Waals surface area contributed by atoms with Crippen LogP contribution in [-0.2, 0) is 4.79 Å². The van der Waals surface area contributed by atoms with Crippen LogP contribution in [0.15, 0.2) is 24.3 Å². The van der Waals surface area contributed by atoms with E-state index in [1.165, 1.54) is 11.1 Å². The molecule has 1 aromatic rings. The molecule has 0 heterocycles. The molecule has 0 spiro atoms. The first-order valence-corrected chi connectivity index (χ1v) is 6.98. The molecule has 0 saturated heterocycles. The van der Waals surface area contributed by atoms with Crippen molar-refractivity contribution in [2.45, 2.75) is 52.6 Å². The molecule has 19 heavy (non-hydrogen) atoms. The maximum atomic E-state index is 11.2. The van der Waals surface area contributed by atoms with Crippen LogP contribution in [0.3, 0.4) is 0 Å². The fourth-order valence-electron chi connectivity index (χ4n) is 2.11. The van der Waals surface area contributed by atoms with Gasteiger partial charge in [0.1, 0.15) is 0 Å². The fraction of sp³-hybridized carbons (Fsp3) is 0.562. The van der Waals surface area contributed by atoms with Crippen molar-refractivity contribution < 1.29 is 4.79 Å². The lowest BCUT2D eigenvalue weighted by molar-refractivity contribution is -0.119. The highest BCUT2D eigenvalue weighted by molar-refractivity contribution is 5.79. The molecule has 0 aliphatic carbocycles. The predicted octanol–water partition coefficient (Wildman–Crippen LogP) is 2.97. The second kappa shape index (κ2) is 6.71. The number of primary amides is 1. The van der Waals surface area contributed by atoms with Crippen LogP contribution in [0.4, 0.5) is 0 Å². The van der Waals surface area contributed by atoms with Gasteiger partial charge in [-0.25, -0.2) is 0 Å². The average molecular weight is 262 g/mol. The Morgan fingerprint density at radius 1 is 1.00 bits per heavy atom. The third kappa shape index (κ3) is 4.35. The Bertz CT molecular complexity index is 409. The quantitative estimate of drug-likeness (QED) is 0.828. The van der Waals surface area contributed by atoms with Crippen molar-refractivity contribution in [2.24, 2.45) is 11.7 Å². The zero-order valence-corrected chi connectivity index (χ0v) is 12.6. The van der Waals surface area contributed by atoms with E-state index in [4.69, 9.17) is 5.73 Å². The maximum Gasteiger partial charge on any atom is 0.234 e. The van der Waals surface area contributed by atoms with Crippen molar-refractivity contribution >= 4 is 5.91 Å². The smallest absolute Gasteiger partial charge is 0.234 e. The first-order valence-electron chi connectivity index (χ1n) is 6.98. The summed E-state index contributed by atoms with van der Waals surface area (Å²) in [5, 5.41) is 3.31. The number of nitrogens with one attached hydrogen (secondary N) is 1. The molecule has 0 unspecified atom stereocenters. The first-order chi connectivity index (χ1) is 8.82. The minimum atomic E-state index is -0.322. The Labute approximate surface area is 116 Å². The molecular weight excluding hydrogens is 236 g/mol. The van der Waals surface area contributed by atoms with Crippen LogP contribution in [0.2, 0.25) is 0 Å². The fourth-order valence-corrected chi connectivity index (χ4v) is 2.11. The second-order valence-corrected chi connectivity index (χ2v) is 5.83. The van der Waals surface area contributed by atoms with Gasteiger partial charge >= 0.3 is 0 Å². The maximum absolute atomic E-state index is 11.2. The van der Waals surface area contributed by atoms with E-state index < -0.39 is 0 Å². The summed E-state index contributed by atoms with van der Waals surface area (Å²) in [6, 6.07) is 8.42. The number of benzene rings is 1. The molecule has 106 valence electrons. The summed E-state index contributed by atoms with van der Waals surface area (Å²) >= 11 is 0. The van der Waals surface area contributed by atoms with Gasteiger partial charge in [0.05, 0.1) is 6.04 Å². The van der Waals surface area contributed by atoms with Crippen molar-refractivity contribution in [3.05, 3.63) is 35.4 Å². The van der Waals surface area contributed by atoms with Gasteiger partial charge in [-0.2, -0.15) is 0 Å². The highest BCUT2D eigenvalue weighted by atomic mass is 16.1. The molecule has 0 aliphatic heterocycles. The molecule has 0 aromatic heterocycles. The lowest BCUT2D eigenvalue weighted by atomic mass is 9.93. The largest absolute Gasteiger partial charge is 0.368 e. The Morgan fingerprint density at radius 3 is 1.84 bits per heavy atom. The number of carbonyl (C=O) groups is 1. The molecule has 0 saturated carbocycles. The Kier molecular flexibility index (Phi) is 5.55. The van der Waals surface area contributed by atoms with Crippen molar-refractivity contribution in [2.75, 3.05) is 0 Å². The van der Waals surface area contributed by atoms with Crippen LogP contribution in [-0.4, -0.2) is 11.9 Å². The summed E-state index contributed by atoms with van der Waals surface area (Å²) < 4.78 is 0. The third-order valence-electron chi connectivity index (χ3n) is 3.49. The van der Waals surface area contributed by atoms with Gasteiger partial charge in [-0.1, -0.05) is 52.0 Å². The minimum absolute atomic E-state index is 0.142. The zero-order chi connectivity index (χ0) is 14.6. The highest BCUT2D eigenvalue weighted by Crippen LogP contribution is 2.24. The van der Waals surface area contributed by atoms with Gasteiger partial charge in [0.15, 0.2) is 0 Å². The molecule has 3 N–H and O–H groups in total. The topological polar surface area (TPSA) is 55.1 Å². The number of hydrogen-bond acceptors (Lipinski definition) is 2. The monoisotopic (exact) mass is 262 g/mol. The molecule has 3 heteroatoms. The molecule has 2 atom stereocenters. The summed E-state index contributed by atoms with van der Waals surface area (Å²) in [6.07, 6.45) is 0. The third-order valence-corrected chi connectivity index (χ3v) is 3.49. The van der Waals surface area contributed by atoms with Gasteiger partial charge < -0.3 is 5.73 Å². The van der Waals surface area contributed by atoms with E-state index in [0.717, 1.165) is 0 Å². The molecule has 0 radical (unpaired) electrons. The van der Waals surface area contributed by atoms with Crippen LogP contribution in [0, 0.1) is 5.92 Å². The summed E-state index contributed by atoms with van der Waals surface area (Å²) in [7, 11) is 0. The molecule has 3 nitrogen and oxygen atoms in total. The van der Waals surface area contributed by atoms with Gasteiger partial charge in [0.2, 0.25) is 5.91 Å². The first kappa shape index (κ1) is 15.7. The van der Waals surface area contributed by atoms with Gasteiger partial charge in [-0.15, -0.1) is 0 Å². The average Bonchev–Trinajstić information content (AvgIpc) is 2.35. The number of hydrogen-bond donors (Lipinski definition) is 2. The van der Waals surface area contributed by atoms with Gasteiger partial charge in [-0.05, 0) is 29.9 Å². The number of rotatable bonds is 6. The van der Waals surface area contributed by atoms with Gasteiger partial charge in [-0.3, -0.25) is 10.1 Å². The van der Waals surface area contributed by atoms with E-state index in [0.29, 0.717) is 11.8 Å². The van der Waals surface area contributed by atoms with Crippen molar-refractivity contribution in [3.8, 4) is 0 Å². The SMILES string of the molecule is CC(C)c1ccc([C@@H](N[C@H](C)C(N)=O)C(C)C)cc1. The van der Waals surface area contributed by atoms with Crippen LogP contribution in [0.1, 0.15) is 57.7 Å². The van der Waals surface area contributed by atoms with Crippen molar-refractivity contribution in [1.29, 1.82) is 0 Å². The summed E-state index contributed by atoms with van der Waals surface area (Å²) in [6.45, 7) is 10.5. The second-order valence-electron chi connectivity index (χ2n) is 5.83. The van der Waals surface area contributed by atoms with E-state index in [1.54, 1.807) is 6.92 Å². The van der Waals surface area contributed by atoms with Gasteiger partial charge in [0, 0.05) is 6.04 Å². The van der Waals surface area contributed by atoms with Crippen LogP contribution in [0.25, 0.3) is 0 Å². The summed E-state index contributed by atoms with van der Waals surface area (Å²) in [4.78, 5) is 11.2. The van der Waals surface area contributed by atoms with Crippen LogP contribution < -0.4 is 11.1 Å². The lowest BCUT2D eigenvalue weighted by Gasteiger charge is -2.26. The van der Waals surface area contributed by atoms with Gasteiger partial charge in [0.25, 0.3) is 0 Å². The van der Waals surface area contributed by atoms with E-state index in [9.17, 15) is 4.79 Å². The number of carbonyl (C=O) groups excluding carboxylic acids is 1. The van der Waals surface area contributed by atoms with E-state index >= 15 is 0 Å². The summed E-state index contributed by atoms with van der Waals surface area (Å²) in [5.74, 6) is 0.611. The summed E-state index contributed by atoms with van der Waals surface area (Å²) in [5.41, 5.74) is 7.85. The van der Waals surface area contributed by atoms with Crippen molar-refractivity contribution in [3.63, 3.8) is 0 Å². The molecule has 0 bridgehead atoms.